The van der Waals surface area contributed by atoms with Gasteiger partial charge in [0.05, 0.1) is 25.9 Å². The van der Waals surface area contributed by atoms with Gasteiger partial charge < -0.3 is 15.0 Å². The number of rotatable bonds is 6. The van der Waals surface area contributed by atoms with E-state index in [0.717, 1.165) is 37.6 Å². The van der Waals surface area contributed by atoms with E-state index in [9.17, 15) is 14.4 Å². The summed E-state index contributed by atoms with van der Waals surface area (Å²) in [6.07, 6.45) is 1.35. The van der Waals surface area contributed by atoms with Gasteiger partial charge in [-0.05, 0) is 12.1 Å². The molecule has 1 aromatic carbocycles. The number of hydrogen-bond acceptors (Lipinski definition) is 5. The van der Waals surface area contributed by atoms with Crippen molar-refractivity contribution in [1.82, 2.24) is 5.32 Å². The Morgan fingerprint density at radius 3 is 2.85 bits per heavy atom. The number of hydrogen-bond donors (Lipinski definition) is 3. The number of anilines is 1. The van der Waals surface area contributed by atoms with E-state index in [1.165, 1.54) is 18.2 Å². The van der Waals surface area contributed by atoms with Crippen LogP contribution in [0.5, 0.6) is 5.75 Å². The molecule has 2 aliphatic rings. The standard InChI is InChI=1S/C18H23N5O4/c1-27-14-4-2-3-13(11-14)23-17(25)15(16(24)21-18(23)26)12-20-7-10-22-8-5-19-6-9-22/h2-4,11-12,15,19H,5-10H2,1H3,(H,21,24,26)/p+2/t15-/m0/s1. The number of amides is 4. The first kappa shape index (κ1) is 19.0. The summed E-state index contributed by atoms with van der Waals surface area (Å²) in [4.78, 5) is 43.7. The molecule has 144 valence electrons. The molecule has 0 spiro atoms. The van der Waals surface area contributed by atoms with Crippen LogP contribution in [0.3, 0.4) is 0 Å². The predicted molar refractivity (Wildman–Crippen MR) is 98.1 cm³/mol. The Morgan fingerprint density at radius 1 is 1.33 bits per heavy atom. The van der Waals surface area contributed by atoms with Crippen molar-refractivity contribution in [3.8, 4) is 5.75 Å². The zero-order valence-corrected chi connectivity index (χ0v) is 15.3. The Hall–Kier alpha value is -2.78. The largest absolute Gasteiger partial charge is 0.497 e. The lowest BCUT2D eigenvalue weighted by Crippen LogP contribution is -3.20. The molecule has 0 aromatic heterocycles. The monoisotopic (exact) mass is 375 g/mol. The maximum absolute atomic E-state index is 12.7. The third-order valence-corrected chi connectivity index (χ3v) is 4.77. The molecule has 9 nitrogen and oxygen atoms in total. The topological polar surface area (TPSA) is 109 Å². The number of barbiturate groups is 1. The number of carbonyl (C=O) groups excluding carboxylic acids is 3. The van der Waals surface area contributed by atoms with Gasteiger partial charge in [0.25, 0.3) is 5.91 Å². The number of methoxy groups -OCH3 is 1. The van der Waals surface area contributed by atoms with Gasteiger partial charge in [-0.1, -0.05) is 6.07 Å². The smallest absolute Gasteiger partial charge is 0.335 e. The van der Waals surface area contributed by atoms with Crippen molar-refractivity contribution in [3.05, 3.63) is 24.3 Å². The van der Waals surface area contributed by atoms with Gasteiger partial charge in [-0.3, -0.25) is 19.9 Å². The first-order valence-electron chi connectivity index (χ1n) is 9.08. The van der Waals surface area contributed by atoms with Crippen molar-refractivity contribution in [2.45, 2.75) is 0 Å². The van der Waals surface area contributed by atoms with Gasteiger partial charge in [0.15, 0.2) is 5.92 Å². The second-order valence-corrected chi connectivity index (χ2v) is 6.57. The number of benzene rings is 1. The second kappa shape index (κ2) is 8.74. The van der Waals surface area contributed by atoms with Crippen LogP contribution in [-0.4, -0.2) is 70.4 Å². The molecule has 1 aromatic rings. The number of imide groups is 2. The van der Waals surface area contributed by atoms with Crippen LogP contribution < -0.4 is 25.2 Å². The van der Waals surface area contributed by atoms with Crippen LogP contribution in [-0.2, 0) is 9.59 Å². The molecule has 0 unspecified atom stereocenters. The van der Waals surface area contributed by atoms with Crippen LogP contribution >= 0.6 is 0 Å². The van der Waals surface area contributed by atoms with Crippen molar-refractivity contribution < 1.29 is 29.3 Å². The molecule has 0 saturated carbocycles. The van der Waals surface area contributed by atoms with Crippen LogP contribution in [0, 0.1) is 5.92 Å². The molecular formula is C18H25N5O4+2. The minimum Gasteiger partial charge on any atom is -0.497 e. The fourth-order valence-corrected chi connectivity index (χ4v) is 3.25. The van der Waals surface area contributed by atoms with Crippen molar-refractivity contribution in [2.24, 2.45) is 10.9 Å². The molecule has 2 fully saturated rings. The van der Waals surface area contributed by atoms with Gasteiger partial charge in [0.1, 0.15) is 31.9 Å². The Labute approximate surface area is 157 Å². The third kappa shape index (κ3) is 4.50. The summed E-state index contributed by atoms with van der Waals surface area (Å²) in [6.45, 7) is 5.82. The van der Waals surface area contributed by atoms with E-state index in [2.05, 4.69) is 15.6 Å². The van der Waals surface area contributed by atoms with Gasteiger partial charge in [-0.15, -0.1) is 0 Å². The van der Waals surface area contributed by atoms with Crippen molar-refractivity contribution in [1.29, 1.82) is 0 Å². The minimum absolute atomic E-state index is 0.344. The number of nitrogens with two attached hydrogens (primary N) is 1. The summed E-state index contributed by atoms with van der Waals surface area (Å²) in [6, 6.07) is 5.80. The van der Waals surface area contributed by atoms with Gasteiger partial charge in [-0.25, -0.2) is 9.69 Å². The Bertz CT molecular complexity index is 745. The van der Waals surface area contributed by atoms with Gasteiger partial charge >= 0.3 is 6.03 Å². The lowest BCUT2D eigenvalue weighted by Gasteiger charge is -2.28. The Morgan fingerprint density at radius 2 is 2.11 bits per heavy atom. The average Bonchev–Trinajstić information content (AvgIpc) is 2.68. The number of aliphatic imine (C=N–C) groups is 1. The average molecular weight is 375 g/mol. The number of urea groups is 1. The zero-order valence-electron chi connectivity index (χ0n) is 15.3. The Kier molecular flexibility index (Phi) is 6.15. The second-order valence-electron chi connectivity index (χ2n) is 6.57. The summed E-state index contributed by atoms with van der Waals surface area (Å²) in [7, 11) is 1.50. The Balaban J connectivity index is 1.67. The molecule has 9 heteroatoms. The number of carbonyl (C=O) groups is 3. The first-order chi connectivity index (χ1) is 13.1. The molecule has 0 radical (unpaired) electrons. The molecule has 0 bridgehead atoms. The van der Waals surface area contributed by atoms with Gasteiger partial charge in [0.2, 0.25) is 5.91 Å². The quantitative estimate of drug-likeness (QED) is 0.375. The number of ether oxygens (including phenoxy) is 1. The van der Waals surface area contributed by atoms with E-state index in [-0.39, 0.29) is 0 Å². The fourth-order valence-electron chi connectivity index (χ4n) is 3.25. The summed E-state index contributed by atoms with van der Waals surface area (Å²) >= 11 is 0. The highest BCUT2D eigenvalue weighted by Gasteiger charge is 2.40. The predicted octanol–water partition coefficient (Wildman–Crippen LogP) is -2.57. The van der Waals surface area contributed by atoms with Crippen molar-refractivity contribution in [2.75, 3.05) is 51.3 Å². The van der Waals surface area contributed by atoms with Crippen molar-refractivity contribution in [3.63, 3.8) is 0 Å². The molecular weight excluding hydrogens is 350 g/mol. The highest BCUT2D eigenvalue weighted by molar-refractivity contribution is 6.32. The van der Waals surface area contributed by atoms with Crippen LogP contribution in [0.4, 0.5) is 10.5 Å². The van der Waals surface area contributed by atoms with Crippen LogP contribution in [0.2, 0.25) is 0 Å². The van der Waals surface area contributed by atoms with Crippen LogP contribution in [0.15, 0.2) is 29.3 Å². The SMILES string of the molecule is COc1cccc(N2C(=O)NC(=O)[C@H](C=NCC[NH+]3CC[NH2+]CC3)C2=O)c1. The minimum atomic E-state index is -1.11. The lowest BCUT2D eigenvalue weighted by atomic mass is 10.1. The van der Waals surface area contributed by atoms with Crippen LogP contribution in [0.25, 0.3) is 0 Å². The normalized spacial score (nSPS) is 21.6. The molecule has 2 aliphatic heterocycles. The van der Waals surface area contributed by atoms with E-state index in [1.807, 2.05) is 0 Å². The molecule has 0 aliphatic carbocycles. The third-order valence-electron chi connectivity index (χ3n) is 4.77. The van der Waals surface area contributed by atoms with E-state index in [1.54, 1.807) is 24.3 Å². The molecule has 4 amide bonds. The summed E-state index contributed by atoms with van der Waals surface area (Å²) in [5.41, 5.74) is 0.344. The number of nitrogens with zero attached hydrogens (tertiary/aromatic N) is 2. The van der Waals surface area contributed by atoms with E-state index >= 15 is 0 Å². The zero-order chi connectivity index (χ0) is 19.2. The van der Waals surface area contributed by atoms with E-state index in [4.69, 9.17) is 4.74 Å². The summed E-state index contributed by atoms with van der Waals surface area (Å²) in [5, 5.41) is 4.52. The summed E-state index contributed by atoms with van der Waals surface area (Å²) < 4.78 is 5.13. The first-order valence-corrected chi connectivity index (χ1v) is 9.08. The van der Waals surface area contributed by atoms with Gasteiger partial charge in [-0.2, -0.15) is 0 Å². The molecule has 2 heterocycles. The molecule has 3 rings (SSSR count). The highest BCUT2D eigenvalue weighted by Crippen LogP contribution is 2.24. The maximum atomic E-state index is 12.7. The maximum Gasteiger partial charge on any atom is 0.335 e. The van der Waals surface area contributed by atoms with Crippen LogP contribution in [0.1, 0.15) is 0 Å². The number of piperazine rings is 1. The lowest BCUT2D eigenvalue weighted by molar-refractivity contribution is -0.945. The van der Waals surface area contributed by atoms with Crippen molar-refractivity contribution >= 4 is 29.7 Å². The molecule has 27 heavy (non-hydrogen) atoms. The number of quaternary nitrogens is 2. The van der Waals surface area contributed by atoms with Gasteiger partial charge in [0, 0.05) is 12.3 Å². The molecule has 2 saturated heterocycles. The molecule has 1 atom stereocenters. The molecule has 4 N–H and O–H groups in total. The highest BCUT2D eigenvalue weighted by atomic mass is 16.5. The van der Waals surface area contributed by atoms with E-state index < -0.39 is 23.8 Å². The fraction of sp³-hybridized carbons (Fsp3) is 0.444. The number of nitrogens with one attached hydrogen (secondary N) is 2. The van der Waals surface area contributed by atoms with E-state index in [0.29, 0.717) is 18.0 Å². The summed E-state index contributed by atoms with van der Waals surface area (Å²) in [5.74, 6) is -1.86.